The summed E-state index contributed by atoms with van der Waals surface area (Å²) in [5.74, 6) is -2.78. The number of aliphatic hydroxyl groups excluding tert-OH is 1. The first-order valence-corrected chi connectivity index (χ1v) is 5.45. The summed E-state index contributed by atoms with van der Waals surface area (Å²) in [4.78, 5) is 33.3. The molecule has 0 saturated heterocycles. The molecular formula is C12H14N2O5. The minimum absolute atomic E-state index is 0.151. The molecule has 0 saturated carbocycles. The lowest BCUT2D eigenvalue weighted by Gasteiger charge is -2.12. The van der Waals surface area contributed by atoms with E-state index >= 15 is 0 Å². The van der Waals surface area contributed by atoms with Gasteiger partial charge >= 0.3 is 5.97 Å². The number of benzene rings is 1. The lowest BCUT2D eigenvalue weighted by atomic mass is 10.1. The van der Waals surface area contributed by atoms with E-state index in [1.165, 1.54) is 12.1 Å². The number of carbonyl (C=O) groups excluding carboxylic acids is 2. The van der Waals surface area contributed by atoms with Gasteiger partial charge in [-0.1, -0.05) is 12.1 Å². The molecule has 1 aromatic carbocycles. The van der Waals surface area contributed by atoms with Gasteiger partial charge in [-0.2, -0.15) is 0 Å². The predicted molar refractivity (Wildman–Crippen MR) is 65.1 cm³/mol. The van der Waals surface area contributed by atoms with E-state index in [0.717, 1.165) is 0 Å². The van der Waals surface area contributed by atoms with Crippen molar-refractivity contribution in [3.8, 4) is 0 Å². The average Bonchev–Trinajstić information content (AvgIpc) is 2.37. The van der Waals surface area contributed by atoms with Crippen molar-refractivity contribution in [2.45, 2.75) is 19.1 Å². The number of hydrogen-bond acceptors (Lipinski definition) is 4. The Morgan fingerprint density at radius 1 is 1.21 bits per heavy atom. The summed E-state index contributed by atoms with van der Waals surface area (Å²) in [7, 11) is 0. The average molecular weight is 266 g/mol. The highest BCUT2D eigenvalue weighted by molar-refractivity contribution is 5.97. The second-order valence-electron chi connectivity index (χ2n) is 3.89. The van der Waals surface area contributed by atoms with E-state index in [1.807, 2.05) is 0 Å². The molecule has 1 rings (SSSR count). The Hall–Kier alpha value is -2.41. The number of primary amides is 1. The lowest BCUT2D eigenvalue weighted by molar-refractivity contribution is -0.140. The van der Waals surface area contributed by atoms with Crippen molar-refractivity contribution in [3.05, 3.63) is 35.4 Å². The van der Waals surface area contributed by atoms with E-state index in [-0.39, 0.29) is 12.2 Å². The number of rotatable bonds is 6. The summed E-state index contributed by atoms with van der Waals surface area (Å²) in [6.07, 6.45) is -0.476. The molecule has 102 valence electrons. The van der Waals surface area contributed by atoms with Gasteiger partial charge in [0.1, 0.15) is 6.04 Å². The standard InChI is InChI=1S/C12H14N2O5/c13-10(16)5-9(12(18)19)14-11(17)8-3-1-7(6-15)2-4-8/h1-4,9,15H,5-6H2,(H2,13,16)(H,14,17)(H,18,19)/t9-/m0/s1. The minimum atomic E-state index is -1.36. The molecular weight excluding hydrogens is 252 g/mol. The smallest absolute Gasteiger partial charge is 0.326 e. The number of hydrogen-bond donors (Lipinski definition) is 4. The normalized spacial score (nSPS) is 11.6. The van der Waals surface area contributed by atoms with Crippen molar-refractivity contribution in [3.63, 3.8) is 0 Å². The SMILES string of the molecule is NC(=O)C[C@H](NC(=O)c1ccc(CO)cc1)C(=O)O. The number of carboxylic acids is 1. The number of carboxylic acid groups (broad SMARTS) is 1. The topological polar surface area (TPSA) is 130 Å². The molecule has 0 aliphatic carbocycles. The van der Waals surface area contributed by atoms with E-state index < -0.39 is 30.2 Å². The van der Waals surface area contributed by atoms with Crippen molar-refractivity contribution >= 4 is 17.8 Å². The maximum Gasteiger partial charge on any atom is 0.326 e. The number of carbonyl (C=O) groups is 3. The number of aliphatic hydroxyl groups is 1. The highest BCUT2D eigenvalue weighted by atomic mass is 16.4. The van der Waals surface area contributed by atoms with Gasteiger partial charge in [0.25, 0.3) is 5.91 Å². The fourth-order valence-corrected chi connectivity index (χ4v) is 1.40. The van der Waals surface area contributed by atoms with Crippen LogP contribution in [0, 0.1) is 0 Å². The van der Waals surface area contributed by atoms with Crippen molar-refractivity contribution < 1.29 is 24.6 Å². The van der Waals surface area contributed by atoms with Crippen molar-refractivity contribution in [2.75, 3.05) is 0 Å². The summed E-state index contributed by atoms with van der Waals surface area (Å²) >= 11 is 0. The third-order valence-electron chi connectivity index (χ3n) is 2.41. The Morgan fingerprint density at radius 2 is 1.79 bits per heavy atom. The van der Waals surface area contributed by atoms with Gasteiger partial charge in [-0.15, -0.1) is 0 Å². The molecule has 0 radical (unpaired) electrons. The Labute approximate surface area is 109 Å². The second-order valence-corrected chi connectivity index (χ2v) is 3.89. The van der Waals surface area contributed by atoms with Crippen molar-refractivity contribution in [1.29, 1.82) is 0 Å². The van der Waals surface area contributed by atoms with Gasteiger partial charge in [-0.25, -0.2) is 4.79 Å². The fraction of sp³-hybridized carbons (Fsp3) is 0.250. The van der Waals surface area contributed by atoms with Gasteiger partial charge in [0.2, 0.25) is 5.91 Å². The summed E-state index contributed by atoms with van der Waals surface area (Å²) in [6, 6.07) is 4.62. The molecule has 0 aromatic heterocycles. The Morgan fingerprint density at radius 3 is 2.21 bits per heavy atom. The zero-order valence-electron chi connectivity index (χ0n) is 10.00. The van der Waals surface area contributed by atoms with E-state index in [1.54, 1.807) is 12.1 Å². The predicted octanol–water partition coefficient (Wildman–Crippen LogP) is -0.763. The van der Waals surface area contributed by atoms with Crippen molar-refractivity contribution in [1.82, 2.24) is 5.32 Å². The van der Waals surface area contributed by atoms with Gasteiger partial charge in [0.05, 0.1) is 13.0 Å². The van der Waals surface area contributed by atoms with E-state index in [2.05, 4.69) is 5.32 Å². The minimum Gasteiger partial charge on any atom is -0.480 e. The molecule has 0 bridgehead atoms. The maximum absolute atomic E-state index is 11.8. The second kappa shape index (κ2) is 6.50. The maximum atomic E-state index is 11.8. The molecule has 7 nitrogen and oxygen atoms in total. The first-order chi connectivity index (χ1) is 8.93. The molecule has 2 amide bonds. The van der Waals surface area contributed by atoms with E-state index in [4.69, 9.17) is 15.9 Å². The van der Waals surface area contributed by atoms with Crippen LogP contribution in [0.2, 0.25) is 0 Å². The molecule has 7 heteroatoms. The van der Waals surface area contributed by atoms with E-state index in [0.29, 0.717) is 5.56 Å². The third-order valence-corrected chi connectivity index (χ3v) is 2.41. The zero-order chi connectivity index (χ0) is 14.4. The van der Waals surface area contributed by atoms with Crippen LogP contribution >= 0.6 is 0 Å². The largest absolute Gasteiger partial charge is 0.480 e. The molecule has 5 N–H and O–H groups in total. The number of nitrogens with one attached hydrogen (secondary N) is 1. The summed E-state index contributed by atoms with van der Waals surface area (Å²) in [6.45, 7) is -0.151. The Bertz CT molecular complexity index is 483. The molecule has 19 heavy (non-hydrogen) atoms. The number of aliphatic carboxylic acids is 1. The Kier molecular flexibility index (Phi) is 5.01. The monoisotopic (exact) mass is 266 g/mol. The highest BCUT2D eigenvalue weighted by Gasteiger charge is 2.22. The van der Waals surface area contributed by atoms with Crippen molar-refractivity contribution in [2.24, 2.45) is 5.73 Å². The van der Waals surface area contributed by atoms with Gasteiger partial charge in [0, 0.05) is 5.56 Å². The van der Waals surface area contributed by atoms with Crippen LogP contribution in [0.1, 0.15) is 22.3 Å². The van der Waals surface area contributed by atoms with Crippen LogP contribution in [0.5, 0.6) is 0 Å². The molecule has 0 spiro atoms. The summed E-state index contributed by atoms with van der Waals surface area (Å²) in [5.41, 5.74) is 5.76. The first-order valence-electron chi connectivity index (χ1n) is 5.45. The third kappa shape index (κ3) is 4.40. The van der Waals surface area contributed by atoms with Crippen LogP contribution in [0.4, 0.5) is 0 Å². The number of nitrogens with two attached hydrogens (primary N) is 1. The first kappa shape index (κ1) is 14.7. The summed E-state index contributed by atoms with van der Waals surface area (Å²) in [5, 5.41) is 19.9. The molecule has 0 fully saturated rings. The lowest BCUT2D eigenvalue weighted by Crippen LogP contribution is -2.43. The van der Waals surface area contributed by atoms with Gasteiger partial charge in [-0.05, 0) is 17.7 Å². The fourth-order valence-electron chi connectivity index (χ4n) is 1.40. The molecule has 1 aromatic rings. The Balaban J connectivity index is 2.75. The van der Waals surface area contributed by atoms with Gasteiger partial charge < -0.3 is 21.3 Å². The quantitative estimate of drug-likeness (QED) is 0.537. The highest BCUT2D eigenvalue weighted by Crippen LogP contribution is 2.05. The molecule has 0 unspecified atom stereocenters. The molecule has 1 atom stereocenters. The molecule has 0 aliphatic heterocycles. The van der Waals surface area contributed by atoms with E-state index in [9.17, 15) is 14.4 Å². The molecule has 0 aliphatic rings. The summed E-state index contributed by atoms with van der Waals surface area (Å²) < 4.78 is 0. The van der Waals surface area contributed by atoms with Gasteiger partial charge in [-0.3, -0.25) is 9.59 Å². The van der Waals surface area contributed by atoms with Crippen LogP contribution in [0.25, 0.3) is 0 Å². The van der Waals surface area contributed by atoms with Crippen LogP contribution in [-0.2, 0) is 16.2 Å². The van der Waals surface area contributed by atoms with Crippen LogP contribution in [0.15, 0.2) is 24.3 Å². The van der Waals surface area contributed by atoms with Crippen LogP contribution in [-0.4, -0.2) is 34.0 Å². The zero-order valence-corrected chi connectivity index (χ0v) is 10.00. The molecule has 0 heterocycles. The number of amides is 2. The van der Waals surface area contributed by atoms with Gasteiger partial charge in [0.15, 0.2) is 0 Å². The van der Waals surface area contributed by atoms with Crippen LogP contribution in [0.3, 0.4) is 0 Å². The van der Waals surface area contributed by atoms with Crippen LogP contribution < -0.4 is 11.1 Å².